The minimum Gasteiger partial charge on any atom is -0.464 e. The normalized spacial score (nSPS) is 21.7. The second kappa shape index (κ2) is 7.13. The van der Waals surface area contributed by atoms with Gasteiger partial charge in [0.05, 0.1) is 6.26 Å². The number of hydrogen-bond donors (Lipinski definition) is 0. The zero-order valence-electron chi connectivity index (χ0n) is 12.7. The van der Waals surface area contributed by atoms with Gasteiger partial charge >= 0.3 is 5.97 Å². The number of esters is 1. The maximum absolute atomic E-state index is 12.0. The fourth-order valence-electron chi connectivity index (χ4n) is 2.12. The number of nitrogens with zero attached hydrogens (tertiary/aromatic N) is 1. The van der Waals surface area contributed by atoms with Gasteiger partial charge in [-0.25, -0.2) is 8.42 Å². The topological polar surface area (TPSA) is 63.7 Å². The summed E-state index contributed by atoms with van der Waals surface area (Å²) in [5.41, 5.74) is 0. The molecule has 0 aromatic carbocycles. The van der Waals surface area contributed by atoms with E-state index in [0.29, 0.717) is 19.6 Å². The van der Waals surface area contributed by atoms with E-state index in [9.17, 15) is 13.2 Å². The van der Waals surface area contributed by atoms with E-state index in [1.54, 1.807) is 11.8 Å². The van der Waals surface area contributed by atoms with E-state index in [-0.39, 0.29) is 4.75 Å². The lowest BCUT2D eigenvalue weighted by atomic mass is 10.1. The Morgan fingerprint density at radius 1 is 1.35 bits per heavy atom. The van der Waals surface area contributed by atoms with Crippen LogP contribution in [0.2, 0.25) is 0 Å². The lowest BCUT2D eigenvalue weighted by molar-refractivity contribution is -0.148. The molecule has 0 aliphatic carbocycles. The van der Waals surface area contributed by atoms with Gasteiger partial charge < -0.3 is 4.74 Å². The summed E-state index contributed by atoms with van der Waals surface area (Å²) in [7, 11) is -3.35. The van der Waals surface area contributed by atoms with Crippen LogP contribution in [0, 0.1) is 0 Å². The first-order valence-electron chi connectivity index (χ1n) is 6.89. The first kappa shape index (κ1) is 17.8. The number of sulfonamides is 1. The Morgan fingerprint density at radius 2 is 2.00 bits per heavy atom. The van der Waals surface area contributed by atoms with Gasteiger partial charge in [-0.3, -0.25) is 4.79 Å². The van der Waals surface area contributed by atoms with Crippen molar-refractivity contribution in [3.05, 3.63) is 0 Å². The Hall–Kier alpha value is -0.270. The molecule has 1 rings (SSSR count). The predicted molar refractivity (Wildman–Crippen MR) is 82.4 cm³/mol. The average molecular weight is 323 g/mol. The molecule has 1 saturated heterocycles. The Bertz CT molecular complexity index is 428. The molecule has 7 heteroatoms. The molecule has 1 aliphatic heterocycles. The highest BCUT2D eigenvalue weighted by atomic mass is 32.2. The summed E-state index contributed by atoms with van der Waals surface area (Å²) < 4.78 is 30.0. The maximum Gasteiger partial charge on any atom is 0.324 e. The molecule has 1 aliphatic rings. The molecule has 5 nitrogen and oxygen atoms in total. The fraction of sp³-hybridized carbons (Fsp3) is 0.923. The first-order chi connectivity index (χ1) is 9.11. The molecule has 0 radical (unpaired) electrons. The van der Waals surface area contributed by atoms with Crippen LogP contribution < -0.4 is 0 Å². The van der Waals surface area contributed by atoms with Crippen molar-refractivity contribution in [3.63, 3.8) is 0 Å². The molecular formula is C13H25NO4S2. The van der Waals surface area contributed by atoms with Crippen LogP contribution in [0.1, 0.15) is 40.0 Å². The van der Waals surface area contributed by atoms with Crippen molar-refractivity contribution in [1.29, 1.82) is 0 Å². The highest BCUT2D eigenvalue weighted by molar-refractivity contribution is 8.00. The van der Waals surface area contributed by atoms with Gasteiger partial charge in [0, 0.05) is 17.0 Å². The zero-order chi connectivity index (χ0) is 15.4. The Kier molecular flexibility index (Phi) is 6.34. The first-order valence-corrected chi connectivity index (χ1v) is 9.72. The lowest BCUT2D eigenvalue weighted by Crippen LogP contribution is -2.48. The van der Waals surface area contributed by atoms with Crippen molar-refractivity contribution in [3.8, 4) is 0 Å². The Labute approximate surface area is 126 Å². The molecule has 0 amide bonds. The molecule has 0 unspecified atom stereocenters. The van der Waals surface area contributed by atoms with Gasteiger partial charge in [-0.15, -0.1) is 0 Å². The zero-order valence-corrected chi connectivity index (χ0v) is 14.3. The molecule has 1 heterocycles. The predicted octanol–water partition coefficient (Wildman–Crippen LogP) is 1.88. The van der Waals surface area contributed by atoms with Crippen molar-refractivity contribution in [2.75, 3.05) is 25.2 Å². The summed E-state index contributed by atoms with van der Waals surface area (Å²) in [6.45, 7) is 7.05. The van der Waals surface area contributed by atoms with E-state index in [2.05, 4.69) is 20.8 Å². The van der Waals surface area contributed by atoms with Gasteiger partial charge in [0.25, 0.3) is 0 Å². The third kappa shape index (κ3) is 6.01. The monoisotopic (exact) mass is 323 g/mol. The average Bonchev–Trinajstić information content (AvgIpc) is 2.32. The van der Waals surface area contributed by atoms with Crippen molar-refractivity contribution >= 4 is 27.8 Å². The van der Waals surface area contributed by atoms with Crippen LogP contribution in [-0.4, -0.2) is 54.6 Å². The summed E-state index contributed by atoms with van der Waals surface area (Å²) in [5, 5.41) is 0. The minimum absolute atomic E-state index is 0.135. The lowest BCUT2D eigenvalue weighted by Gasteiger charge is -2.31. The summed E-state index contributed by atoms with van der Waals surface area (Å²) >= 11 is 1.72. The van der Waals surface area contributed by atoms with Crippen LogP contribution in [0.5, 0.6) is 0 Å². The van der Waals surface area contributed by atoms with E-state index in [0.717, 1.165) is 24.9 Å². The van der Waals surface area contributed by atoms with Crippen LogP contribution in [0.3, 0.4) is 0 Å². The third-order valence-electron chi connectivity index (χ3n) is 3.01. The summed E-state index contributed by atoms with van der Waals surface area (Å²) in [4.78, 5) is 12.0. The van der Waals surface area contributed by atoms with E-state index in [1.807, 2.05) is 0 Å². The molecule has 0 N–H and O–H groups in total. The maximum atomic E-state index is 12.0. The number of ether oxygens (including phenoxy) is 1. The second-order valence-electron chi connectivity index (χ2n) is 6.01. The molecule has 1 atom stereocenters. The molecule has 0 spiro atoms. The Balaban J connectivity index is 2.48. The van der Waals surface area contributed by atoms with Gasteiger partial charge in [0.1, 0.15) is 12.6 Å². The minimum atomic E-state index is -3.35. The standard InChI is InChI=1S/C13H25NO4S2/c1-13(2,3)19-10-9-18-12(15)11-7-5-6-8-14(11)20(4,16)17/h11H,5-10H2,1-4H3/t11-/m0/s1. The van der Waals surface area contributed by atoms with E-state index in [1.165, 1.54) is 4.31 Å². The number of carbonyl (C=O) groups excluding carboxylic acids is 1. The summed E-state index contributed by atoms with van der Waals surface area (Å²) in [6, 6.07) is -0.640. The van der Waals surface area contributed by atoms with Crippen LogP contribution >= 0.6 is 11.8 Å². The van der Waals surface area contributed by atoms with Crippen molar-refractivity contribution in [1.82, 2.24) is 4.31 Å². The molecule has 20 heavy (non-hydrogen) atoms. The molecule has 0 bridgehead atoms. The summed E-state index contributed by atoms with van der Waals surface area (Å²) in [6.07, 6.45) is 3.37. The van der Waals surface area contributed by atoms with E-state index >= 15 is 0 Å². The largest absolute Gasteiger partial charge is 0.464 e. The number of thioether (sulfide) groups is 1. The highest BCUT2D eigenvalue weighted by Crippen LogP contribution is 2.23. The fourth-order valence-corrected chi connectivity index (χ4v) is 4.02. The van der Waals surface area contributed by atoms with Crippen molar-refractivity contribution < 1.29 is 17.9 Å². The van der Waals surface area contributed by atoms with Gasteiger partial charge in [-0.2, -0.15) is 16.1 Å². The third-order valence-corrected chi connectivity index (χ3v) is 5.54. The van der Waals surface area contributed by atoms with E-state index in [4.69, 9.17) is 4.74 Å². The molecule has 118 valence electrons. The number of rotatable bonds is 5. The van der Waals surface area contributed by atoms with Crippen LogP contribution in [0.25, 0.3) is 0 Å². The molecule has 0 aromatic rings. The quantitative estimate of drug-likeness (QED) is 0.571. The molecular weight excluding hydrogens is 298 g/mol. The number of hydrogen-bond acceptors (Lipinski definition) is 5. The van der Waals surface area contributed by atoms with Gasteiger partial charge in [0.2, 0.25) is 10.0 Å². The smallest absolute Gasteiger partial charge is 0.324 e. The van der Waals surface area contributed by atoms with Gasteiger partial charge in [-0.05, 0) is 19.3 Å². The van der Waals surface area contributed by atoms with Crippen molar-refractivity contribution in [2.45, 2.75) is 50.8 Å². The Morgan fingerprint density at radius 3 is 2.55 bits per heavy atom. The summed E-state index contributed by atoms with van der Waals surface area (Å²) in [5.74, 6) is 0.311. The van der Waals surface area contributed by atoms with Gasteiger partial charge in [-0.1, -0.05) is 20.8 Å². The highest BCUT2D eigenvalue weighted by Gasteiger charge is 2.35. The number of carbonyl (C=O) groups is 1. The van der Waals surface area contributed by atoms with E-state index < -0.39 is 22.0 Å². The molecule has 1 fully saturated rings. The van der Waals surface area contributed by atoms with Crippen LogP contribution in [-0.2, 0) is 19.6 Å². The van der Waals surface area contributed by atoms with Gasteiger partial charge in [0.15, 0.2) is 0 Å². The molecule has 0 saturated carbocycles. The van der Waals surface area contributed by atoms with Crippen LogP contribution in [0.15, 0.2) is 0 Å². The second-order valence-corrected chi connectivity index (χ2v) is 9.87. The van der Waals surface area contributed by atoms with Crippen LogP contribution in [0.4, 0.5) is 0 Å². The SMILES string of the molecule is CC(C)(C)SCCOC(=O)[C@@H]1CCCCN1S(C)(=O)=O. The van der Waals surface area contributed by atoms with Crippen molar-refractivity contribution in [2.24, 2.45) is 0 Å². The number of piperidine rings is 1. The molecule has 0 aromatic heterocycles.